The van der Waals surface area contributed by atoms with Gasteiger partial charge in [0.2, 0.25) is 0 Å². The molecule has 0 radical (unpaired) electrons. The van der Waals surface area contributed by atoms with Crippen LogP contribution in [0.4, 0.5) is 0 Å². The summed E-state index contributed by atoms with van der Waals surface area (Å²) in [5, 5.41) is 8.97. The fraction of sp³-hybridized carbons (Fsp3) is 0.923. The van der Waals surface area contributed by atoms with E-state index in [0.29, 0.717) is 6.04 Å². The van der Waals surface area contributed by atoms with Crippen LogP contribution in [0.3, 0.4) is 0 Å². The molecule has 0 amide bonds. The molecule has 0 aliphatic carbocycles. The summed E-state index contributed by atoms with van der Waals surface area (Å²) >= 11 is 0. The summed E-state index contributed by atoms with van der Waals surface area (Å²) in [7, 11) is 2.15. The van der Waals surface area contributed by atoms with Gasteiger partial charge in [-0.25, -0.2) is 0 Å². The van der Waals surface area contributed by atoms with Crippen molar-refractivity contribution < 1.29 is 0 Å². The fourth-order valence-corrected chi connectivity index (χ4v) is 2.35. The van der Waals surface area contributed by atoms with Gasteiger partial charge < -0.3 is 10.6 Å². The summed E-state index contributed by atoms with van der Waals surface area (Å²) in [5.41, 5.74) is 5.63. The van der Waals surface area contributed by atoms with E-state index < -0.39 is 0 Å². The molecule has 1 unspecified atom stereocenters. The zero-order chi connectivity index (χ0) is 12.9. The van der Waals surface area contributed by atoms with Crippen molar-refractivity contribution in [3.63, 3.8) is 0 Å². The summed E-state index contributed by atoms with van der Waals surface area (Å²) in [6, 6.07) is 2.84. The number of nitrogens with two attached hydrogens (primary N) is 1. The van der Waals surface area contributed by atoms with Crippen molar-refractivity contribution >= 4 is 0 Å². The maximum Gasteiger partial charge on any atom is 0.0683 e. The Labute approximate surface area is 105 Å². The Morgan fingerprint density at radius 3 is 2.71 bits per heavy atom. The molecule has 1 saturated heterocycles. The summed E-state index contributed by atoms with van der Waals surface area (Å²) in [4.78, 5) is 4.82. The van der Waals surface area contributed by atoms with Gasteiger partial charge in [-0.2, -0.15) is 5.26 Å². The van der Waals surface area contributed by atoms with E-state index in [0.717, 1.165) is 45.6 Å². The SMILES string of the molecule is CN1CCN(CCCC(C)(C)C#N)C(CN)C1. The van der Waals surface area contributed by atoms with Gasteiger partial charge in [0, 0.05) is 32.2 Å². The Hall–Kier alpha value is -0.630. The van der Waals surface area contributed by atoms with Gasteiger partial charge in [-0.1, -0.05) is 0 Å². The van der Waals surface area contributed by atoms with Gasteiger partial charge in [-0.15, -0.1) is 0 Å². The quantitative estimate of drug-likeness (QED) is 0.773. The van der Waals surface area contributed by atoms with Crippen LogP contribution in [0.1, 0.15) is 26.7 Å². The summed E-state index contributed by atoms with van der Waals surface area (Å²) in [6.07, 6.45) is 2.05. The first kappa shape index (κ1) is 14.4. The van der Waals surface area contributed by atoms with Gasteiger partial charge in [0.1, 0.15) is 0 Å². The van der Waals surface area contributed by atoms with Crippen molar-refractivity contribution in [1.82, 2.24) is 9.80 Å². The largest absolute Gasteiger partial charge is 0.329 e. The first-order chi connectivity index (χ1) is 7.98. The second kappa shape index (κ2) is 6.34. The van der Waals surface area contributed by atoms with Crippen LogP contribution < -0.4 is 5.73 Å². The molecular formula is C13H26N4. The van der Waals surface area contributed by atoms with E-state index in [2.05, 4.69) is 22.9 Å². The molecule has 1 heterocycles. The molecule has 2 N–H and O–H groups in total. The third-order valence-electron chi connectivity index (χ3n) is 3.63. The van der Waals surface area contributed by atoms with Crippen LogP contribution in [-0.2, 0) is 0 Å². The molecular weight excluding hydrogens is 212 g/mol. The topological polar surface area (TPSA) is 56.3 Å². The van der Waals surface area contributed by atoms with E-state index in [-0.39, 0.29) is 5.41 Å². The van der Waals surface area contributed by atoms with Crippen LogP contribution in [0.15, 0.2) is 0 Å². The smallest absolute Gasteiger partial charge is 0.0683 e. The zero-order valence-corrected chi connectivity index (χ0v) is 11.4. The molecule has 1 fully saturated rings. The molecule has 0 spiro atoms. The second-order valence-corrected chi connectivity index (χ2v) is 5.79. The van der Waals surface area contributed by atoms with Gasteiger partial charge in [-0.05, 0) is 40.3 Å². The molecule has 0 bridgehead atoms. The highest BCUT2D eigenvalue weighted by atomic mass is 15.3. The molecule has 1 aliphatic rings. The van der Waals surface area contributed by atoms with Crippen molar-refractivity contribution in [2.75, 3.05) is 39.8 Å². The van der Waals surface area contributed by atoms with E-state index in [1.165, 1.54) is 0 Å². The summed E-state index contributed by atoms with van der Waals surface area (Å²) in [6.45, 7) is 9.11. The average molecular weight is 238 g/mol. The third-order valence-corrected chi connectivity index (χ3v) is 3.63. The molecule has 1 atom stereocenters. The maximum absolute atomic E-state index is 8.97. The fourth-order valence-electron chi connectivity index (χ4n) is 2.35. The van der Waals surface area contributed by atoms with Crippen molar-refractivity contribution in [3.8, 4) is 6.07 Å². The Morgan fingerprint density at radius 2 is 2.12 bits per heavy atom. The molecule has 1 rings (SSSR count). The van der Waals surface area contributed by atoms with Crippen LogP contribution in [0.5, 0.6) is 0 Å². The molecule has 4 heteroatoms. The predicted octanol–water partition coefficient (Wildman–Crippen LogP) is 0.891. The number of likely N-dealkylation sites (N-methyl/N-ethyl adjacent to an activating group) is 1. The molecule has 0 aromatic heterocycles. The third kappa shape index (κ3) is 4.63. The number of nitriles is 1. The lowest BCUT2D eigenvalue weighted by Crippen LogP contribution is -2.54. The van der Waals surface area contributed by atoms with Crippen LogP contribution in [0.25, 0.3) is 0 Å². The number of nitrogens with zero attached hydrogens (tertiary/aromatic N) is 3. The Morgan fingerprint density at radius 1 is 1.41 bits per heavy atom. The Balaban J connectivity index is 2.33. The van der Waals surface area contributed by atoms with E-state index in [1.54, 1.807) is 0 Å². The minimum Gasteiger partial charge on any atom is -0.329 e. The van der Waals surface area contributed by atoms with Gasteiger partial charge in [0.15, 0.2) is 0 Å². The highest BCUT2D eigenvalue weighted by Gasteiger charge is 2.24. The number of hydrogen-bond acceptors (Lipinski definition) is 4. The van der Waals surface area contributed by atoms with Crippen LogP contribution in [0.2, 0.25) is 0 Å². The number of rotatable bonds is 5. The lowest BCUT2D eigenvalue weighted by Gasteiger charge is -2.39. The average Bonchev–Trinajstić information content (AvgIpc) is 2.30. The number of piperazine rings is 1. The van der Waals surface area contributed by atoms with Crippen molar-refractivity contribution in [2.45, 2.75) is 32.7 Å². The van der Waals surface area contributed by atoms with E-state index in [4.69, 9.17) is 11.0 Å². The summed E-state index contributed by atoms with van der Waals surface area (Å²) in [5.74, 6) is 0. The van der Waals surface area contributed by atoms with Crippen LogP contribution in [-0.4, -0.2) is 55.6 Å². The highest BCUT2D eigenvalue weighted by Crippen LogP contribution is 2.21. The van der Waals surface area contributed by atoms with Crippen LogP contribution in [0, 0.1) is 16.7 Å². The first-order valence-corrected chi connectivity index (χ1v) is 6.52. The second-order valence-electron chi connectivity index (χ2n) is 5.79. The number of hydrogen-bond donors (Lipinski definition) is 1. The molecule has 17 heavy (non-hydrogen) atoms. The van der Waals surface area contributed by atoms with E-state index in [1.807, 2.05) is 13.8 Å². The van der Waals surface area contributed by atoms with Crippen molar-refractivity contribution in [2.24, 2.45) is 11.1 Å². The maximum atomic E-state index is 8.97. The van der Waals surface area contributed by atoms with Crippen molar-refractivity contribution in [1.29, 1.82) is 5.26 Å². The molecule has 0 aromatic rings. The van der Waals surface area contributed by atoms with Crippen molar-refractivity contribution in [3.05, 3.63) is 0 Å². The Bertz CT molecular complexity index is 269. The van der Waals surface area contributed by atoms with E-state index >= 15 is 0 Å². The van der Waals surface area contributed by atoms with Gasteiger partial charge in [0.05, 0.1) is 11.5 Å². The molecule has 98 valence electrons. The molecule has 0 aromatic carbocycles. The highest BCUT2D eigenvalue weighted by molar-refractivity contribution is 4.91. The summed E-state index contributed by atoms with van der Waals surface area (Å²) < 4.78 is 0. The van der Waals surface area contributed by atoms with Gasteiger partial charge in [-0.3, -0.25) is 4.90 Å². The Kier molecular flexibility index (Phi) is 5.38. The minimum atomic E-state index is -0.190. The minimum absolute atomic E-state index is 0.190. The molecule has 1 aliphatic heterocycles. The van der Waals surface area contributed by atoms with E-state index in [9.17, 15) is 0 Å². The molecule has 4 nitrogen and oxygen atoms in total. The monoisotopic (exact) mass is 238 g/mol. The van der Waals surface area contributed by atoms with Crippen LogP contribution >= 0.6 is 0 Å². The van der Waals surface area contributed by atoms with Gasteiger partial charge >= 0.3 is 0 Å². The first-order valence-electron chi connectivity index (χ1n) is 6.52. The lowest BCUT2D eigenvalue weighted by atomic mass is 9.89. The zero-order valence-electron chi connectivity index (χ0n) is 11.4. The predicted molar refractivity (Wildman–Crippen MR) is 70.5 cm³/mol. The standard InChI is InChI=1S/C13H26N4/c1-13(2,11-15)5-4-6-17-8-7-16(3)10-12(17)9-14/h12H,4-10,14H2,1-3H3. The lowest BCUT2D eigenvalue weighted by molar-refractivity contribution is 0.0909. The molecule has 0 saturated carbocycles. The van der Waals surface area contributed by atoms with Gasteiger partial charge in [0.25, 0.3) is 0 Å². The normalized spacial score (nSPS) is 23.6.